The molecule has 3 aliphatic carbocycles. The van der Waals surface area contributed by atoms with Crippen molar-refractivity contribution < 1.29 is 18.8 Å². The van der Waals surface area contributed by atoms with Crippen LogP contribution in [-0.4, -0.2) is 45.7 Å². The zero-order chi connectivity index (χ0) is 26.0. The molecule has 4 rings (SSSR count). The number of hydrogen-bond acceptors (Lipinski definition) is 4. The molecule has 6 atom stereocenters. The Morgan fingerprint density at radius 1 is 1.09 bits per heavy atom. The summed E-state index contributed by atoms with van der Waals surface area (Å²) >= 11 is 0. The Hall–Kier alpha value is -1.19. The number of carbonyl (C=O) groups is 2. The van der Waals surface area contributed by atoms with Crippen LogP contribution in [0.4, 0.5) is 0 Å². The number of allylic oxidation sites excluding steroid dienone is 3. The van der Waals surface area contributed by atoms with E-state index in [4.69, 9.17) is 9.16 Å². The van der Waals surface area contributed by atoms with Gasteiger partial charge in [-0.2, -0.15) is 0 Å². The lowest BCUT2D eigenvalue weighted by molar-refractivity contribution is -0.137. The second kappa shape index (κ2) is 8.98. The second-order valence-electron chi connectivity index (χ2n) is 13.8. The summed E-state index contributed by atoms with van der Waals surface area (Å²) in [7, 11) is -3.60. The Labute approximate surface area is 214 Å². The highest BCUT2D eigenvalue weighted by Crippen LogP contribution is 2.66. The highest BCUT2D eigenvalue weighted by atomic mass is 28.4. The quantitative estimate of drug-likeness (QED) is 0.237. The van der Waals surface area contributed by atoms with Crippen LogP contribution < -0.4 is 0 Å². The molecule has 0 unspecified atom stereocenters. The number of fused-ring (bicyclic) bond motifs is 5. The molecule has 0 N–H and O–H groups in total. The van der Waals surface area contributed by atoms with Gasteiger partial charge in [0.1, 0.15) is 0 Å². The number of ether oxygens (including phenoxy) is 1. The summed E-state index contributed by atoms with van der Waals surface area (Å²) in [6, 6.07) is 0. The molecule has 0 aromatic rings. The molecule has 1 amide bonds. The van der Waals surface area contributed by atoms with E-state index in [0.717, 1.165) is 37.7 Å². The van der Waals surface area contributed by atoms with Gasteiger partial charge in [-0.3, -0.25) is 4.79 Å². The standard InChI is InChI=1S/C28H47NO4Si2/c1-10-32-25(31)18-19-17-22-27(2,16-14-24(30)29(22)34(4,5)6)21-13-15-28(3)20(26(19)21)11-12-23(28)33-35(7,8)9/h17-18,20-21,23,26H,10-16H2,1-9H3/t20-,21-,23-,26-,27+,28-/m0/s1. The van der Waals surface area contributed by atoms with Gasteiger partial charge in [-0.05, 0) is 93.5 Å². The summed E-state index contributed by atoms with van der Waals surface area (Å²) < 4.78 is 14.3. The number of amides is 1. The molecular formula is C28H47NO4Si2. The molecule has 1 aliphatic heterocycles. The molecule has 196 valence electrons. The molecule has 7 heteroatoms. The number of rotatable bonds is 5. The summed E-state index contributed by atoms with van der Waals surface area (Å²) in [5.74, 6) is 1.21. The largest absolute Gasteiger partial charge is 0.463 e. The predicted molar refractivity (Wildman–Crippen MR) is 146 cm³/mol. The van der Waals surface area contributed by atoms with Crippen LogP contribution in [0.15, 0.2) is 23.4 Å². The lowest BCUT2D eigenvalue weighted by Gasteiger charge is -2.60. The van der Waals surface area contributed by atoms with Crippen LogP contribution in [0, 0.1) is 28.6 Å². The molecule has 0 spiro atoms. The van der Waals surface area contributed by atoms with Gasteiger partial charge in [-0.1, -0.05) is 33.5 Å². The first kappa shape index (κ1) is 26.9. The van der Waals surface area contributed by atoms with E-state index in [2.05, 4.69) is 63.8 Å². The van der Waals surface area contributed by atoms with Crippen molar-refractivity contribution in [1.82, 2.24) is 4.57 Å². The summed E-state index contributed by atoms with van der Waals surface area (Å²) in [4.78, 5) is 26.0. The molecule has 35 heavy (non-hydrogen) atoms. The number of hydrogen-bond donors (Lipinski definition) is 0. The fourth-order valence-electron chi connectivity index (χ4n) is 7.94. The molecule has 0 radical (unpaired) electrons. The maximum absolute atomic E-state index is 13.2. The minimum Gasteiger partial charge on any atom is -0.463 e. The van der Waals surface area contributed by atoms with Crippen LogP contribution in [-0.2, 0) is 18.8 Å². The van der Waals surface area contributed by atoms with Crippen molar-refractivity contribution in [1.29, 1.82) is 0 Å². The topological polar surface area (TPSA) is 55.8 Å². The van der Waals surface area contributed by atoms with Gasteiger partial charge in [0.25, 0.3) is 0 Å². The van der Waals surface area contributed by atoms with Crippen LogP contribution in [0.1, 0.15) is 59.3 Å². The first-order valence-electron chi connectivity index (χ1n) is 13.7. The smallest absolute Gasteiger partial charge is 0.331 e. The van der Waals surface area contributed by atoms with Crippen LogP contribution in [0.5, 0.6) is 0 Å². The Bertz CT molecular complexity index is 946. The summed E-state index contributed by atoms with van der Waals surface area (Å²) in [5.41, 5.74) is 2.34. The maximum Gasteiger partial charge on any atom is 0.331 e. The maximum atomic E-state index is 13.2. The highest BCUT2D eigenvalue weighted by molar-refractivity contribution is 6.76. The third kappa shape index (κ3) is 4.65. The molecule has 1 heterocycles. The molecule has 4 aliphatic rings. The van der Waals surface area contributed by atoms with E-state index in [0.29, 0.717) is 36.9 Å². The van der Waals surface area contributed by atoms with Gasteiger partial charge in [0.2, 0.25) is 5.91 Å². The van der Waals surface area contributed by atoms with Gasteiger partial charge in [-0.15, -0.1) is 0 Å². The van der Waals surface area contributed by atoms with Crippen molar-refractivity contribution in [3.05, 3.63) is 23.4 Å². The van der Waals surface area contributed by atoms with Crippen molar-refractivity contribution in [2.24, 2.45) is 28.6 Å². The van der Waals surface area contributed by atoms with E-state index < -0.39 is 16.6 Å². The van der Waals surface area contributed by atoms with E-state index in [9.17, 15) is 9.59 Å². The third-order valence-electron chi connectivity index (χ3n) is 9.36. The van der Waals surface area contributed by atoms with Crippen LogP contribution in [0.3, 0.4) is 0 Å². The summed E-state index contributed by atoms with van der Waals surface area (Å²) in [6.45, 7) is 20.7. The van der Waals surface area contributed by atoms with Gasteiger partial charge >= 0.3 is 5.97 Å². The van der Waals surface area contributed by atoms with Gasteiger partial charge in [0.15, 0.2) is 16.6 Å². The Morgan fingerprint density at radius 3 is 2.37 bits per heavy atom. The van der Waals surface area contributed by atoms with Crippen molar-refractivity contribution in [3.63, 3.8) is 0 Å². The Balaban J connectivity index is 1.83. The fraction of sp³-hybridized carbons (Fsp3) is 0.786. The molecule has 2 saturated carbocycles. The van der Waals surface area contributed by atoms with Gasteiger partial charge < -0.3 is 13.7 Å². The van der Waals surface area contributed by atoms with Crippen LogP contribution >= 0.6 is 0 Å². The zero-order valence-electron chi connectivity index (χ0n) is 23.5. The van der Waals surface area contributed by atoms with Crippen LogP contribution in [0.2, 0.25) is 39.3 Å². The highest BCUT2D eigenvalue weighted by Gasteiger charge is 2.62. The van der Waals surface area contributed by atoms with Crippen molar-refractivity contribution in [3.8, 4) is 0 Å². The van der Waals surface area contributed by atoms with E-state index >= 15 is 0 Å². The van der Waals surface area contributed by atoms with Gasteiger partial charge in [0, 0.05) is 23.6 Å². The van der Waals surface area contributed by atoms with E-state index in [1.165, 1.54) is 5.70 Å². The lowest BCUT2D eigenvalue weighted by atomic mass is 9.48. The summed E-state index contributed by atoms with van der Waals surface area (Å²) in [6.07, 6.45) is 10.4. The van der Waals surface area contributed by atoms with Gasteiger partial charge in [-0.25, -0.2) is 4.79 Å². The van der Waals surface area contributed by atoms with Crippen LogP contribution in [0.25, 0.3) is 0 Å². The van der Waals surface area contributed by atoms with E-state index in [1.54, 1.807) is 6.08 Å². The zero-order valence-corrected chi connectivity index (χ0v) is 25.5. The molecule has 0 aromatic carbocycles. The molecule has 5 nitrogen and oxygen atoms in total. The Kier molecular flexibility index (Phi) is 6.89. The molecule has 0 aromatic heterocycles. The summed E-state index contributed by atoms with van der Waals surface area (Å²) in [5, 5.41) is 0. The van der Waals surface area contributed by atoms with E-state index in [1.807, 2.05) is 6.92 Å². The number of esters is 1. The molecule has 3 fully saturated rings. The average molecular weight is 518 g/mol. The van der Waals surface area contributed by atoms with Gasteiger partial charge in [0.05, 0.1) is 12.7 Å². The number of piperidine rings is 1. The average Bonchev–Trinajstić information content (AvgIpc) is 3.03. The fourth-order valence-corrected chi connectivity index (χ4v) is 11.1. The predicted octanol–water partition coefficient (Wildman–Crippen LogP) is 6.50. The van der Waals surface area contributed by atoms with Crippen molar-refractivity contribution in [2.75, 3.05) is 6.61 Å². The first-order valence-corrected chi connectivity index (χ1v) is 20.6. The SMILES string of the molecule is CCOC(=O)C=C1C=C2N([Si](C)(C)C)C(=O)CC[C@]2(C)[C@H]2CC[C@]3(C)[C@@H](O[Si](C)(C)C)CC[C@H]3[C@H]12. The van der Waals surface area contributed by atoms with E-state index in [-0.39, 0.29) is 22.7 Å². The third-order valence-corrected chi connectivity index (χ3v) is 12.2. The lowest BCUT2D eigenvalue weighted by Crippen LogP contribution is -2.60. The normalized spacial score (nSPS) is 38.5. The minimum absolute atomic E-state index is 0.0378. The monoisotopic (exact) mass is 517 g/mol. The molecule has 0 bridgehead atoms. The second-order valence-corrected chi connectivity index (χ2v) is 23.1. The Morgan fingerprint density at radius 2 is 1.77 bits per heavy atom. The molecular weight excluding hydrogens is 470 g/mol. The minimum atomic E-state index is -1.94. The van der Waals surface area contributed by atoms with Crippen molar-refractivity contribution in [2.45, 2.75) is 105 Å². The molecule has 1 saturated heterocycles. The van der Waals surface area contributed by atoms with Crippen molar-refractivity contribution >= 4 is 28.4 Å². The number of nitrogens with zero attached hydrogens (tertiary/aromatic N) is 1. The number of carbonyl (C=O) groups excluding carboxylic acids is 2. The first-order chi connectivity index (χ1) is 16.1.